The molecule has 172 valence electrons. The zero-order valence-corrected chi connectivity index (χ0v) is 18.6. The minimum absolute atomic E-state index is 0.190. The molecule has 2 atom stereocenters. The van der Waals surface area contributed by atoms with Gasteiger partial charge in [-0.2, -0.15) is 5.10 Å². The van der Waals surface area contributed by atoms with E-state index in [0.29, 0.717) is 34.4 Å². The van der Waals surface area contributed by atoms with Crippen molar-refractivity contribution in [3.05, 3.63) is 81.7 Å². The first-order valence-electron chi connectivity index (χ1n) is 10.4. The summed E-state index contributed by atoms with van der Waals surface area (Å²) in [5, 5.41) is 27.1. The van der Waals surface area contributed by atoms with E-state index < -0.39 is 12.1 Å². The third-order valence-electron chi connectivity index (χ3n) is 5.28. The predicted octanol–water partition coefficient (Wildman–Crippen LogP) is 2.97. The van der Waals surface area contributed by atoms with E-state index in [1.165, 1.54) is 23.0 Å². The van der Waals surface area contributed by atoms with Gasteiger partial charge in [0.05, 0.1) is 59.3 Å². The van der Waals surface area contributed by atoms with E-state index in [0.717, 1.165) is 0 Å². The van der Waals surface area contributed by atoms with Gasteiger partial charge in [-0.1, -0.05) is 29.8 Å². The van der Waals surface area contributed by atoms with Crippen molar-refractivity contribution in [3.8, 4) is 5.69 Å². The van der Waals surface area contributed by atoms with Crippen LogP contribution in [0.15, 0.2) is 59.8 Å². The summed E-state index contributed by atoms with van der Waals surface area (Å²) in [5.74, 6) is 0.0613. The topological polar surface area (TPSA) is 105 Å². The van der Waals surface area contributed by atoms with Gasteiger partial charge in [-0.15, -0.1) is 0 Å². The number of hydrogen-bond acceptors (Lipinski definition) is 6. The summed E-state index contributed by atoms with van der Waals surface area (Å²) in [6, 6.07) is 9.33. The molecule has 0 aliphatic heterocycles. The van der Waals surface area contributed by atoms with Gasteiger partial charge >= 0.3 is 0 Å². The highest BCUT2D eigenvalue weighted by atomic mass is 35.5. The lowest BCUT2D eigenvalue weighted by Gasteiger charge is -2.19. The van der Waals surface area contributed by atoms with E-state index >= 15 is 0 Å². The third kappa shape index (κ3) is 4.90. The van der Waals surface area contributed by atoms with E-state index in [-0.39, 0.29) is 29.6 Å². The number of nitrogens with zero attached hydrogens (tertiary/aromatic N) is 4. The van der Waals surface area contributed by atoms with Gasteiger partial charge < -0.3 is 15.5 Å². The normalized spacial score (nSPS) is 13.2. The Hall–Kier alpha value is -3.27. The molecule has 10 heteroatoms. The van der Waals surface area contributed by atoms with Crippen molar-refractivity contribution in [1.82, 2.24) is 19.3 Å². The van der Waals surface area contributed by atoms with Crippen molar-refractivity contribution in [3.63, 3.8) is 0 Å². The Balaban J connectivity index is 1.68. The highest BCUT2D eigenvalue weighted by Crippen LogP contribution is 2.23. The zero-order valence-electron chi connectivity index (χ0n) is 17.8. The Morgan fingerprint density at radius 2 is 2.03 bits per heavy atom. The molecule has 8 nitrogen and oxygen atoms in total. The van der Waals surface area contributed by atoms with Crippen molar-refractivity contribution in [1.29, 1.82) is 0 Å². The van der Waals surface area contributed by atoms with E-state index in [1.54, 1.807) is 48.1 Å². The Bertz CT molecular complexity index is 1340. The van der Waals surface area contributed by atoms with Gasteiger partial charge in [0.1, 0.15) is 11.6 Å². The largest absolute Gasteiger partial charge is 0.394 e. The van der Waals surface area contributed by atoms with E-state index in [4.69, 9.17) is 11.6 Å². The minimum atomic E-state index is -0.604. The van der Waals surface area contributed by atoms with Crippen molar-refractivity contribution >= 4 is 28.3 Å². The Labute approximate surface area is 193 Å². The first-order valence-corrected chi connectivity index (χ1v) is 10.8. The number of fused-ring (bicyclic) bond motifs is 1. The van der Waals surface area contributed by atoms with Gasteiger partial charge in [0.25, 0.3) is 5.56 Å². The molecule has 4 rings (SSSR count). The molecule has 0 unspecified atom stereocenters. The summed E-state index contributed by atoms with van der Waals surface area (Å²) >= 11 is 6.34. The second-order valence-corrected chi connectivity index (χ2v) is 8.22. The van der Waals surface area contributed by atoms with E-state index in [2.05, 4.69) is 15.4 Å². The number of aliphatic hydroxyl groups is 2. The molecule has 3 N–H and O–H groups in total. The molecule has 0 saturated carbocycles. The molecule has 0 amide bonds. The minimum Gasteiger partial charge on any atom is -0.394 e. The van der Waals surface area contributed by atoms with Gasteiger partial charge in [-0.3, -0.25) is 14.0 Å². The fourth-order valence-electron chi connectivity index (χ4n) is 3.67. The molecule has 0 aliphatic carbocycles. The lowest BCUT2D eigenvalue weighted by Crippen LogP contribution is -2.28. The number of pyridine rings is 2. The highest BCUT2D eigenvalue weighted by Gasteiger charge is 2.16. The van der Waals surface area contributed by atoms with Crippen LogP contribution in [0, 0.1) is 5.82 Å². The van der Waals surface area contributed by atoms with Crippen molar-refractivity contribution in [2.75, 3.05) is 11.9 Å². The summed E-state index contributed by atoms with van der Waals surface area (Å²) in [7, 11) is 0. The second kappa shape index (κ2) is 9.70. The van der Waals surface area contributed by atoms with Gasteiger partial charge in [-0.25, -0.2) is 9.37 Å². The molecule has 0 aliphatic rings. The number of nitrogens with one attached hydrogen (secondary N) is 1. The molecule has 4 aromatic rings. The third-order valence-corrected chi connectivity index (χ3v) is 5.57. The van der Waals surface area contributed by atoms with Crippen molar-refractivity contribution < 1.29 is 14.6 Å². The van der Waals surface area contributed by atoms with Crippen LogP contribution in [-0.4, -0.2) is 48.3 Å². The quantitative estimate of drug-likeness (QED) is 0.365. The van der Waals surface area contributed by atoms with Crippen LogP contribution in [0.3, 0.4) is 0 Å². The zero-order chi connectivity index (χ0) is 23.5. The number of hydrogen-bond donors (Lipinski definition) is 3. The molecular formula is C23H23ClFN5O3. The Morgan fingerprint density at radius 3 is 2.76 bits per heavy atom. The van der Waals surface area contributed by atoms with Crippen LogP contribution in [0.1, 0.15) is 18.9 Å². The Kier molecular flexibility index (Phi) is 6.73. The maximum Gasteiger partial charge on any atom is 0.266 e. The summed E-state index contributed by atoms with van der Waals surface area (Å²) < 4.78 is 17.0. The van der Waals surface area contributed by atoms with Gasteiger partial charge in [0.15, 0.2) is 0 Å². The molecule has 0 fully saturated rings. The van der Waals surface area contributed by atoms with Crippen LogP contribution in [0.2, 0.25) is 5.02 Å². The number of halogens is 2. The van der Waals surface area contributed by atoms with E-state index in [1.807, 2.05) is 0 Å². The first-order chi connectivity index (χ1) is 15.9. The van der Waals surface area contributed by atoms with Crippen LogP contribution in [0.4, 0.5) is 10.2 Å². The standard InChI is InChI=1S/C23H23ClFN5O3/c1-14(32)8-16(13-31)28-22-9-21(18(24)11-26-22)29-7-6-20-17(23(29)33)10-27-30(20)12-15-4-2-3-5-19(15)25/h2-7,9-11,14,16,31-32H,8,12-13H2,1H3,(H,26,28)/t14-,16+/m1/s1. The lowest BCUT2D eigenvalue weighted by molar-refractivity contribution is 0.159. The predicted molar refractivity (Wildman–Crippen MR) is 124 cm³/mol. The highest BCUT2D eigenvalue weighted by molar-refractivity contribution is 6.32. The van der Waals surface area contributed by atoms with Crippen molar-refractivity contribution in [2.24, 2.45) is 0 Å². The molecule has 3 aromatic heterocycles. The Morgan fingerprint density at radius 1 is 1.24 bits per heavy atom. The second-order valence-electron chi connectivity index (χ2n) is 7.81. The molecular weight excluding hydrogens is 449 g/mol. The van der Waals surface area contributed by atoms with Crippen LogP contribution in [0.25, 0.3) is 16.6 Å². The number of rotatable bonds is 8. The van der Waals surface area contributed by atoms with Crippen LogP contribution >= 0.6 is 11.6 Å². The summed E-state index contributed by atoms with van der Waals surface area (Å²) in [5.41, 5.74) is 1.10. The average Bonchev–Trinajstić information content (AvgIpc) is 3.20. The molecule has 0 radical (unpaired) electrons. The summed E-state index contributed by atoms with van der Waals surface area (Å²) in [4.78, 5) is 17.4. The fourth-order valence-corrected chi connectivity index (χ4v) is 3.87. The first kappa shape index (κ1) is 22.9. The molecule has 3 heterocycles. The SMILES string of the molecule is C[C@@H](O)C[C@@H](CO)Nc1cc(-n2ccc3c(cnn3Cc3ccccc3F)c2=O)c(Cl)cn1. The molecule has 1 aromatic carbocycles. The maximum atomic E-state index is 14.1. The molecule has 33 heavy (non-hydrogen) atoms. The molecule has 0 saturated heterocycles. The average molecular weight is 472 g/mol. The number of benzene rings is 1. The van der Waals surface area contributed by atoms with E-state index in [9.17, 15) is 19.4 Å². The van der Waals surface area contributed by atoms with Gasteiger partial charge in [0.2, 0.25) is 0 Å². The number of anilines is 1. The number of aliphatic hydroxyl groups excluding tert-OH is 2. The monoisotopic (exact) mass is 471 g/mol. The smallest absolute Gasteiger partial charge is 0.266 e. The van der Waals surface area contributed by atoms with Crippen LogP contribution in [-0.2, 0) is 6.54 Å². The van der Waals surface area contributed by atoms with Crippen LogP contribution < -0.4 is 10.9 Å². The van der Waals surface area contributed by atoms with Crippen molar-refractivity contribution in [2.45, 2.75) is 32.0 Å². The molecule has 0 spiro atoms. The number of aromatic nitrogens is 4. The summed E-state index contributed by atoms with van der Waals surface area (Å²) in [6.45, 7) is 1.62. The van der Waals surface area contributed by atoms with Crippen LogP contribution in [0.5, 0.6) is 0 Å². The molecule has 0 bridgehead atoms. The summed E-state index contributed by atoms with van der Waals surface area (Å²) in [6.07, 6.45) is 4.16. The fraction of sp³-hybridized carbons (Fsp3) is 0.261. The lowest BCUT2D eigenvalue weighted by atomic mass is 10.1. The van der Waals surface area contributed by atoms with Gasteiger partial charge in [-0.05, 0) is 25.5 Å². The van der Waals surface area contributed by atoms with Gasteiger partial charge in [0, 0.05) is 17.8 Å². The maximum absolute atomic E-state index is 14.1.